The summed E-state index contributed by atoms with van der Waals surface area (Å²) in [7, 11) is 0. The lowest BCUT2D eigenvalue weighted by Crippen LogP contribution is -2.46. The van der Waals surface area contributed by atoms with E-state index >= 15 is 0 Å². The average Bonchev–Trinajstić information content (AvgIpc) is 3.52. The van der Waals surface area contributed by atoms with Crippen LogP contribution in [0.25, 0.3) is 0 Å². The van der Waals surface area contributed by atoms with Crippen molar-refractivity contribution in [3.8, 4) is 0 Å². The lowest BCUT2D eigenvalue weighted by atomic mass is 9.93. The molecule has 7 heteroatoms. The number of rotatable bonds is 5. The van der Waals surface area contributed by atoms with Crippen LogP contribution < -0.4 is 0 Å². The first-order valence-electron chi connectivity index (χ1n) is 10.4. The Balaban J connectivity index is 1.72. The van der Waals surface area contributed by atoms with Crippen LogP contribution in [0.1, 0.15) is 63.6 Å². The molecule has 0 bridgehead atoms. The van der Waals surface area contributed by atoms with Gasteiger partial charge >= 0.3 is 6.18 Å². The maximum absolute atomic E-state index is 13.3. The minimum atomic E-state index is -4.40. The highest BCUT2D eigenvalue weighted by Crippen LogP contribution is 2.38. The predicted molar refractivity (Wildman–Crippen MR) is 104 cm³/mol. The van der Waals surface area contributed by atoms with Crippen LogP contribution in [0, 0.1) is 11.8 Å². The second-order valence-corrected chi connectivity index (χ2v) is 8.53. The van der Waals surface area contributed by atoms with Crippen LogP contribution in [0.2, 0.25) is 0 Å². The van der Waals surface area contributed by atoms with Crippen molar-refractivity contribution in [1.82, 2.24) is 9.80 Å². The minimum absolute atomic E-state index is 0.00839. The fourth-order valence-corrected chi connectivity index (χ4v) is 4.10. The number of amides is 2. The van der Waals surface area contributed by atoms with E-state index in [0.717, 1.165) is 25.0 Å². The molecule has 1 saturated heterocycles. The second kappa shape index (κ2) is 8.36. The summed E-state index contributed by atoms with van der Waals surface area (Å²) in [6.45, 7) is 6.66. The first kappa shape index (κ1) is 21.7. The van der Waals surface area contributed by atoms with Crippen LogP contribution >= 0.6 is 0 Å². The molecule has 29 heavy (non-hydrogen) atoms. The lowest BCUT2D eigenvalue weighted by Gasteiger charge is -2.37. The predicted octanol–water partition coefficient (Wildman–Crippen LogP) is 4.65. The maximum atomic E-state index is 13.3. The van der Waals surface area contributed by atoms with E-state index in [9.17, 15) is 22.8 Å². The van der Waals surface area contributed by atoms with Crippen LogP contribution in [0.15, 0.2) is 24.3 Å². The first-order valence-corrected chi connectivity index (χ1v) is 10.4. The topological polar surface area (TPSA) is 40.6 Å². The van der Waals surface area contributed by atoms with E-state index in [1.807, 2.05) is 25.7 Å². The van der Waals surface area contributed by atoms with Crippen molar-refractivity contribution in [2.75, 3.05) is 13.1 Å². The lowest BCUT2D eigenvalue weighted by molar-refractivity contribution is -0.144. The standard InChI is InChI=1S/C22H29F3N2O2/c1-14(2)20(28)26-11-9-16(10-12-26)21(29)27(19-7-8-19)15(3)17-5-4-6-18(13-17)22(23,24)25/h4-6,13-16,19H,7-12H2,1-3H3. The van der Waals surface area contributed by atoms with Gasteiger partial charge in [-0.2, -0.15) is 13.2 Å². The summed E-state index contributed by atoms with van der Waals surface area (Å²) in [5.74, 6) is -0.132. The molecule has 0 aromatic heterocycles. The van der Waals surface area contributed by atoms with Crippen LogP contribution in [0.4, 0.5) is 13.2 Å². The highest BCUT2D eigenvalue weighted by Gasteiger charge is 2.40. The van der Waals surface area contributed by atoms with Gasteiger partial charge in [0.05, 0.1) is 11.6 Å². The Hall–Kier alpha value is -2.05. The number of nitrogens with zero attached hydrogens (tertiary/aromatic N) is 2. The third-order valence-electron chi connectivity index (χ3n) is 5.96. The number of hydrogen-bond donors (Lipinski definition) is 0. The van der Waals surface area contributed by atoms with Gasteiger partial charge in [0.15, 0.2) is 0 Å². The maximum Gasteiger partial charge on any atom is 0.416 e. The summed E-state index contributed by atoms with van der Waals surface area (Å²) in [5, 5.41) is 0. The summed E-state index contributed by atoms with van der Waals surface area (Å²) >= 11 is 0. The van der Waals surface area contributed by atoms with E-state index in [2.05, 4.69) is 0 Å². The molecule has 3 rings (SSSR count). The Morgan fingerprint density at radius 3 is 2.21 bits per heavy atom. The average molecular weight is 410 g/mol. The molecule has 1 aromatic rings. The number of carbonyl (C=O) groups is 2. The number of benzene rings is 1. The zero-order valence-corrected chi connectivity index (χ0v) is 17.2. The second-order valence-electron chi connectivity index (χ2n) is 8.53. The molecule has 1 heterocycles. The normalized spacial score (nSPS) is 19.3. The SMILES string of the molecule is CC(C)C(=O)N1CCC(C(=O)N(C2CC2)C(C)c2cccc(C(F)(F)F)c2)CC1. The monoisotopic (exact) mass is 410 g/mol. The Bertz CT molecular complexity index is 751. The smallest absolute Gasteiger partial charge is 0.342 e. The summed E-state index contributed by atoms with van der Waals surface area (Å²) in [5.41, 5.74) is -0.182. The molecule has 1 aromatic carbocycles. The molecule has 2 fully saturated rings. The number of alkyl halides is 3. The summed E-state index contributed by atoms with van der Waals surface area (Å²) in [6.07, 6.45) is -1.41. The summed E-state index contributed by atoms with van der Waals surface area (Å²) in [6, 6.07) is 4.96. The van der Waals surface area contributed by atoms with E-state index in [4.69, 9.17) is 0 Å². The summed E-state index contributed by atoms with van der Waals surface area (Å²) in [4.78, 5) is 29.1. The van der Waals surface area contributed by atoms with Crippen LogP contribution in [0.5, 0.6) is 0 Å². The molecule has 1 unspecified atom stereocenters. The van der Waals surface area contributed by atoms with Gasteiger partial charge < -0.3 is 9.80 Å². The van der Waals surface area contributed by atoms with Crippen LogP contribution in [0.3, 0.4) is 0 Å². The number of hydrogen-bond acceptors (Lipinski definition) is 2. The third kappa shape index (κ3) is 4.93. The molecule has 2 amide bonds. The molecular weight excluding hydrogens is 381 g/mol. The molecular formula is C22H29F3N2O2. The van der Waals surface area contributed by atoms with Crippen molar-refractivity contribution in [3.63, 3.8) is 0 Å². The molecule has 1 aliphatic carbocycles. The Labute approximate surface area is 170 Å². The van der Waals surface area contributed by atoms with Crippen molar-refractivity contribution in [2.45, 2.75) is 64.7 Å². The van der Waals surface area contributed by atoms with Gasteiger partial charge in [-0.3, -0.25) is 9.59 Å². The zero-order valence-electron chi connectivity index (χ0n) is 17.2. The van der Waals surface area contributed by atoms with E-state index < -0.39 is 17.8 Å². The van der Waals surface area contributed by atoms with Crippen LogP contribution in [-0.4, -0.2) is 40.7 Å². The van der Waals surface area contributed by atoms with Gasteiger partial charge in [0.2, 0.25) is 11.8 Å². The van der Waals surface area contributed by atoms with Gasteiger partial charge in [-0.1, -0.05) is 26.0 Å². The van der Waals surface area contributed by atoms with Gasteiger partial charge in [0.1, 0.15) is 0 Å². The van der Waals surface area contributed by atoms with Crippen molar-refractivity contribution in [1.29, 1.82) is 0 Å². The Morgan fingerprint density at radius 2 is 1.69 bits per heavy atom. The van der Waals surface area contributed by atoms with Gasteiger partial charge in [-0.15, -0.1) is 0 Å². The molecule has 1 atom stereocenters. The highest BCUT2D eigenvalue weighted by molar-refractivity contribution is 5.81. The fraction of sp³-hybridized carbons (Fsp3) is 0.636. The van der Waals surface area contributed by atoms with Crippen molar-refractivity contribution in [2.24, 2.45) is 11.8 Å². The van der Waals surface area contributed by atoms with Crippen molar-refractivity contribution >= 4 is 11.8 Å². The molecule has 0 spiro atoms. The minimum Gasteiger partial charge on any atom is -0.342 e. The Morgan fingerprint density at radius 1 is 1.07 bits per heavy atom. The highest BCUT2D eigenvalue weighted by atomic mass is 19.4. The van der Waals surface area contributed by atoms with Gasteiger partial charge in [0, 0.05) is 31.0 Å². The largest absolute Gasteiger partial charge is 0.416 e. The molecule has 0 radical (unpaired) electrons. The molecule has 160 valence electrons. The zero-order chi connectivity index (χ0) is 21.3. The van der Waals surface area contributed by atoms with E-state index in [-0.39, 0.29) is 29.7 Å². The molecule has 4 nitrogen and oxygen atoms in total. The number of carbonyl (C=O) groups excluding carboxylic acids is 2. The third-order valence-corrected chi connectivity index (χ3v) is 5.96. The van der Waals surface area contributed by atoms with Gasteiger partial charge in [-0.25, -0.2) is 0 Å². The van der Waals surface area contributed by atoms with E-state index in [0.29, 0.717) is 31.5 Å². The quantitative estimate of drug-likeness (QED) is 0.709. The first-order chi connectivity index (χ1) is 13.6. The van der Waals surface area contributed by atoms with Gasteiger partial charge in [0.25, 0.3) is 0 Å². The molecule has 0 N–H and O–H groups in total. The fourth-order valence-electron chi connectivity index (χ4n) is 4.10. The molecule has 2 aliphatic rings. The van der Waals surface area contributed by atoms with E-state index in [1.54, 1.807) is 11.0 Å². The Kier molecular flexibility index (Phi) is 6.24. The van der Waals surface area contributed by atoms with Crippen molar-refractivity contribution in [3.05, 3.63) is 35.4 Å². The number of likely N-dealkylation sites (tertiary alicyclic amines) is 1. The summed E-state index contributed by atoms with van der Waals surface area (Å²) < 4.78 is 39.3. The number of piperidine rings is 1. The van der Waals surface area contributed by atoms with Crippen molar-refractivity contribution < 1.29 is 22.8 Å². The van der Waals surface area contributed by atoms with Crippen LogP contribution in [-0.2, 0) is 15.8 Å². The number of halogens is 3. The molecule has 1 aliphatic heterocycles. The molecule has 1 saturated carbocycles. The van der Waals surface area contributed by atoms with E-state index in [1.165, 1.54) is 6.07 Å². The van der Waals surface area contributed by atoms with Gasteiger partial charge in [-0.05, 0) is 50.3 Å².